The summed E-state index contributed by atoms with van der Waals surface area (Å²) in [6.07, 6.45) is 4.86. The SMILES string of the molecule is CN=C(NCc1cccc(C(=O)NCCN(C)C)c1)NCC1(CCOC)CCC1. The molecule has 1 aromatic carbocycles. The maximum atomic E-state index is 12.3. The maximum absolute atomic E-state index is 12.3. The topological polar surface area (TPSA) is 78.0 Å². The summed E-state index contributed by atoms with van der Waals surface area (Å²) in [5.41, 5.74) is 2.06. The summed E-state index contributed by atoms with van der Waals surface area (Å²) in [6, 6.07) is 7.71. The highest BCUT2D eigenvalue weighted by Crippen LogP contribution is 2.43. The molecule has 7 nitrogen and oxygen atoms in total. The third-order valence-electron chi connectivity index (χ3n) is 5.60. The minimum Gasteiger partial charge on any atom is -0.385 e. The third kappa shape index (κ3) is 7.66. The van der Waals surface area contributed by atoms with Gasteiger partial charge < -0.3 is 25.6 Å². The van der Waals surface area contributed by atoms with E-state index in [-0.39, 0.29) is 5.91 Å². The zero-order valence-electron chi connectivity index (χ0n) is 18.4. The molecular weight excluding hydrogens is 366 g/mol. The van der Waals surface area contributed by atoms with Crippen molar-refractivity contribution in [3.05, 3.63) is 35.4 Å². The van der Waals surface area contributed by atoms with Crippen molar-refractivity contribution in [3.63, 3.8) is 0 Å². The fraction of sp³-hybridized carbons (Fsp3) is 0.636. The van der Waals surface area contributed by atoms with Crippen LogP contribution in [0.3, 0.4) is 0 Å². The lowest BCUT2D eigenvalue weighted by molar-refractivity contribution is 0.0732. The number of carbonyl (C=O) groups is 1. The van der Waals surface area contributed by atoms with Crippen molar-refractivity contribution in [1.82, 2.24) is 20.9 Å². The van der Waals surface area contributed by atoms with Gasteiger partial charge in [0.2, 0.25) is 0 Å². The number of nitrogens with zero attached hydrogens (tertiary/aromatic N) is 2. The molecule has 0 saturated heterocycles. The lowest BCUT2D eigenvalue weighted by atomic mass is 9.67. The van der Waals surface area contributed by atoms with Crippen LogP contribution in [0.25, 0.3) is 0 Å². The van der Waals surface area contributed by atoms with Crippen LogP contribution in [0.4, 0.5) is 0 Å². The van der Waals surface area contributed by atoms with Crippen LogP contribution in [-0.2, 0) is 11.3 Å². The first-order chi connectivity index (χ1) is 14.0. The van der Waals surface area contributed by atoms with Gasteiger partial charge in [0, 0.05) is 52.5 Å². The van der Waals surface area contributed by atoms with Crippen molar-refractivity contribution in [2.24, 2.45) is 10.4 Å². The van der Waals surface area contributed by atoms with Crippen molar-refractivity contribution in [2.75, 3.05) is 54.5 Å². The van der Waals surface area contributed by atoms with Gasteiger partial charge in [0.15, 0.2) is 5.96 Å². The van der Waals surface area contributed by atoms with Gasteiger partial charge >= 0.3 is 0 Å². The maximum Gasteiger partial charge on any atom is 0.251 e. The molecule has 1 saturated carbocycles. The van der Waals surface area contributed by atoms with E-state index in [4.69, 9.17) is 4.74 Å². The molecule has 0 bridgehead atoms. The molecule has 0 atom stereocenters. The minimum absolute atomic E-state index is 0.0405. The zero-order valence-corrected chi connectivity index (χ0v) is 18.4. The average molecular weight is 404 g/mol. The molecule has 0 aromatic heterocycles. The predicted molar refractivity (Wildman–Crippen MR) is 118 cm³/mol. The molecule has 1 amide bonds. The lowest BCUT2D eigenvalue weighted by Gasteiger charge is -2.42. The largest absolute Gasteiger partial charge is 0.385 e. The molecule has 1 aromatic rings. The van der Waals surface area contributed by atoms with Crippen LogP contribution in [0.15, 0.2) is 29.3 Å². The van der Waals surface area contributed by atoms with Gasteiger partial charge in [0.1, 0.15) is 0 Å². The summed E-state index contributed by atoms with van der Waals surface area (Å²) in [5.74, 6) is 0.746. The number of ether oxygens (including phenoxy) is 1. The van der Waals surface area contributed by atoms with Crippen LogP contribution < -0.4 is 16.0 Å². The van der Waals surface area contributed by atoms with Crippen LogP contribution >= 0.6 is 0 Å². The molecule has 0 heterocycles. The molecule has 0 unspecified atom stereocenters. The Morgan fingerprint density at radius 3 is 2.66 bits per heavy atom. The summed E-state index contributed by atoms with van der Waals surface area (Å²) in [4.78, 5) is 18.7. The molecule has 1 aliphatic carbocycles. The molecule has 0 spiro atoms. The number of nitrogens with one attached hydrogen (secondary N) is 3. The molecule has 2 rings (SSSR count). The van der Waals surface area contributed by atoms with E-state index in [1.54, 1.807) is 14.2 Å². The molecular formula is C22H37N5O2. The zero-order chi connectivity index (χ0) is 21.1. The highest BCUT2D eigenvalue weighted by atomic mass is 16.5. The van der Waals surface area contributed by atoms with Gasteiger partial charge in [0.05, 0.1) is 0 Å². The predicted octanol–water partition coefficient (Wildman–Crippen LogP) is 1.85. The summed E-state index contributed by atoms with van der Waals surface area (Å²) < 4.78 is 5.27. The second kappa shape index (κ2) is 11.8. The van der Waals surface area contributed by atoms with E-state index < -0.39 is 0 Å². The Bertz CT molecular complexity index is 671. The van der Waals surface area contributed by atoms with E-state index in [2.05, 4.69) is 20.9 Å². The van der Waals surface area contributed by atoms with Gasteiger partial charge in [0.25, 0.3) is 5.91 Å². The number of hydrogen-bond donors (Lipinski definition) is 3. The van der Waals surface area contributed by atoms with Crippen LogP contribution in [-0.4, -0.2) is 71.3 Å². The van der Waals surface area contributed by atoms with Crippen molar-refractivity contribution >= 4 is 11.9 Å². The van der Waals surface area contributed by atoms with Gasteiger partial charge in [-0.25, -0.2) is 0 Å². The first-order valence-electron chi connectivity index (χ1n) is 10.4. The molecule has 1 fully saturated rings. The van der Waals surface area contributed by atoms with Crippen LogP contribution in [0.2, 0.25) is 0 Å². The van der Waals surface area contributed by atoms with Crippen LogP contribution in [0.5, 0.6) is 0 Å². The molecule has 0 aliphatic heterocycles. The molecule has 29 heavy (non-hydrogen) atoms. The smallest absolute Gasteiger partial charge is 0.251 e. The molecule has 1 aliphatic rings. The van der Waals surface area contributed by atoms with E-state index in [0.29, 0.717) is 24.1 Å². The van der Waals surface area contributed by atoms with E-state index in [0.717, 1.165) is 37.6 Å². The lowest BCUT2D eigenvalue weighted by Crippen LogP contribution is -2.46. The average Bonchev–Trinajstić information content (AvgIpc) is 2.69. The van der Waals surface area contributed by atoms with Gasteiger partial charge in [-0.15, -0.1) is 0 Å². The number of amides is 1. The second-order valence-corrected chi connectivity index (χ2v) is 8.14. The Morgan fingerprint density at radius 2 is 2.03 bits per heavy atom. The Morgan fingerprint density at radius 1 is 1.24 bits per heavy atom. The van der Waals surface area contributed by atoms with Gasteiger partial charge in [-0.2, -0.15) is 0 Å². The van der Waals surface area contributed by atoms with E-state index in [1.165, 1.54) is 19.3 Å². The van der Waals surface area contributed by atoms with Crippen LogP contribution in [0, 0.1) is 5.41 Å². The standard InChI is InChI=1S/C22H37N5O2/c1-23-21(26-17-22(9-6-10-22)11-14-29-4)25-16-18-7-5-8-19(15-18)20(28)24-12-13-27(2)3/h5,7-8,15H,6,9-14,16-17H2,1-4H3,(H,24,28)(H2,23,25,26). The van der Waals surface area contributed by atoms with Crippen molar-refractivity contribution in [1.29, 1.82) is 0 Å². The quantitative estimate of drug-likeness (QED) is 0.388. The Kier molecular flexibility index (Phi) is 9.41. The number of benzene rings is 1. The number of hydrogen-bond acceptors (Lipinski definition) is 4. The van der Waals surface area contributed by atoms with E-state index in [1.807, 2.05) is 43.3 Å². The third-order valence-corrected chi connectivity index (χ3v) is 5.60. The van der Waals surface area contributed by atoms with E-state index >= 15 is 0 Å². The normalized spacial score (nSPS) is 15.7. The minimum atomic E-state index is -0.0405. The van der Waals surface area contributed by atoms with Crippen molar-refractivity contribution < 1.29 is 9.53 Å². The summed E-state index contributed by atoms with van der Waals surface area (Å²) >= 11 is 0. The van der Waals surface area contributed by atoms with Crippen molar-refractivity contribution in [3.8, 4) is 0 Å². The summed E-state index contributed by atoms with van der Waals surface area (Å²) in [5, 5.41) is 9.78. The fourth-order valence-electron chi connectivity index (χ4n) is 3.51. The number of guanidine groups is 1. The summed E-state index contributed by atoms with van der Waals surface area (Å²) in [7, 11) is 7.52. The van der Waals surface area contributed by atoms with Crippen molar-refractivity contribution in [2.45, 2.75) is 32.2 Å². The Hall–Kier alpha value is -2.12. The van der Waals surface area contributed by atoms with Gasteiger partial charge in [-0.05, 0) is 56.5 Å². The molecule has 162 valence electrons. The first-order valence-corrected chi connectivity index (χ1v) is 10.4. The summed E-state index contributed by atoms with van der Waals surface area (Å²) in [6.45, 7) is 3.78. The number of carbonyl (C=O) groups excluding carboxylic acids is 1. The highest BCUT2D eigenvalue weighted by molar-refractivity contribution is 5.94. The number of likely N-dealkylation sites (N-methyl/N-ethyl adjacent to an activating group) is 1. The second-order valence-electron chi connectivity index (χ2n) is 8.14. The van der Waals surface area contributed by atoms with Crippen LogP contribution in [0.1, 0.15) is 41.6 Å². The van der Waals surface area contributed by atoms with Gasteiger partial charge in [-0.3, -0.25) is 9.79 Å². The Labute approximate surface area is 175 Å². The molecule has 3 N–H and O–H groups in total. The molecule has 0 radical (unpaired) electrons. The van der Waals surface area contributed by atoms with Gasteiger partial charge in [-0.1, -0.05) is 18.6 Å². The Balaban J connectivity index is 1.82. The molecule has 7 heteroatoms. The first kappa shape index (κ1) is 23.2. The number of rotatable bonds is 11. The van der Waals surface area contributed by atoms with E-state index in [9.17, 15) is 4.79 Å². The monoisotopic (exact) mass is 403 g/mol. The number of aliphatic imine (C=N–C) groups is 1. The highest BCUT2D eigenvalue weighted by Gasteiger charge is 2.36. The fourth-order valence-corrected chi connectivity index (χ4v) is 3.51. The number of methoxy groups -OCH3 is 1.